The van der Waals surface area contributed by atoms with Crippen LogP contribution in [0.25, 0.3) is 0 Å². The minimum atomic E-state index is 0.520. The molecule has 20 heavy (non-hydrogen) atoms. The van der Waals surface area contributed by atoms with Gasteiger partial charge in [0.1, 0.15) is 0 Å². The summed E-state index contributed by atoms with van der Waals surface area (Å²) in [6.07, 6.45) is 8.70. The summed E-state index contributed by atoms with van der Waals surface area (Å²) < 4.78 is 7.77. The maximum atomic E-state index is 5.77. The van der Waals surface area contributed by atoms with E-state index in [-0.39, 0.29) is 0 Å². The molecule has 0 spiro atoms. The molecule has 0 amide bonds. The van der Waals surface area contributed by atoms with Crippen molar-refractivity contribution >= 4 is 0 Å². The van der Waals surface area contributed by atoms with Gasteiger partial charge in [0, 0.05) is 24.4 Å². The molecule has 6 nitrogen and oxygen atoms in total. The molecular formula is C14H19N5O. The maximum absolute atomic E-state index is 5.77. The molecule has 1 aliphatic heterocycles. The van der Waals surface area contributed by atoms with Crippen molar-refractivity contribution in [3.63, 3.8) is 0 Å². The first kappa shape index (κ1) is 12.1. The van der Waals surface area contributed by atoms with E-state index in [0.717, 1.165) is 31.4 Å². The third-order valence-electron chi connectivity index (χ3n) is 4.20. The van der Waals surface area contributed by atoms with Gasteiger partial charge >= 0.3 is 0 Å². The van der Waals surface area contributed by atoms with Crippen LogP contribution in [0.5, 0.6) is 0 Å². The van der Waals surface area contributed by atoms with E-state index >= 15 is 0 Å². The average Bonchev–Trinajstić information content (AvgIpc) is 2.88. The summed E-state index contributed by atoms with van der Waals surface area (Å²) in [5.74, 6) is 2.14. The van der Waals surface area contributed by atoms with Crippen molar-refractivity contribution in [1.29, 1.82) is 0 Å². The number of hydrogen-bond donors (Lipinski definition) is 0. The largest absolute Gasteiger partial charge is 0.424 e. The van der Waals surface area contributed by atoms with Crippen LogP contribution in [0, 0.1) is 0 Å². The number of nitrogens with zero attached hydrogens (tertiary/aromatic N) is 5. The third kappa shape index (κ3) is 2.47. The van der Waals surface area contributed by atoms with Crippen LogP contribution in [0.2, 0.25) is 0 Å². The van der Waals surface area contributed by atoms with Gasteiger partial charge in [-0.15, -0.1) is 10.2 Å². The van der Waals surface area contributed by atoms with Crippen molar-refractivity contribution < 1.29 is 4.42 Å². The Hall–Kier alpha value is -1.69. The van der Waals surface area contributed by atoms with Crippen molar-refractivity contribution in [2.24, 2.45) is 0 Å². The Kier molecular flexibility index (Phi) is 3.03. The summed E-state index contributed by atoms with van der Waals surface area (Å²) >= 11 is 0. The van der Waals surface area contributed by atoms with Crippen LogP contribution in [0.1, 0.15) is 43.4 Å². The molecule has 2 aliphatic rings. The first-order valence-corrected chi connectivity index (χ1v) is 7.42. The standard InChI is InChI=1S/C14H19N5O/c1-3-12(9-19-8-2-6-15-19)18(7-1)10-13-16-17-14(20-13)11-4-5-11/h2,6,8,11-12H,1,3-5,7,9-10H2/t12-/m1/s1. The second kappa shape index (κ2) is 5.01. The highest BCUT2D eigenvalue weighted by Gasteiger charge is 2.31. The first-order chi connectivity index (χ1) is 9.88. The molecule has 6 heteroatoms. The summed E-state index contributed by atoms with van der Waals surface area (Å²) in [7, 11) is 0. The molecule has 0 aromatic carbocycles. The van der Waals surface area contributed by atoms with Crippen molar-refractivity contribution in [2.45, 2.75) is 50.7 Å². The zero-order chi connectivity index (χ0) is 13.4. The van der Waals surface area contributed by atoms with Gasteiger partial charge in [0.05, 0.1) is 13.1 Å². The van der Waals surface area contributed by atoms with Gasteiger partial charge < -0.3 is 4.42 Å². The minimum absolute atomic E-state index is 0.520. The highest BCUT2D eigenvalue weighted by atomic mass is 16.4. The van der Waals surface area contributed by atoms with Gasteiger partial charge in [-0.3, -0.25) is 9.58 Å². The maximum Gasteiger partial charge on any atom is 0.230 e. The molecule has 0 unspecified atom stereocenters. The van der Waals surface area contributed by atoms with Crippen LogP contribution < -0.4 is 0 Å². The fourth-order valence-electron chi connectivity index (χ4n) is 2.93. The normalized spacial score (nSPS) is 23.5. The van der Waals surface area contributed by atoms with E-state index in [0.29, 0.717) is 12.0 Å². The summed E-state index contributed by atoms with van der Waals surface area (Å²) in [6.45, 7) is 2.81. The number of rotatable bonds is 5. The van der Waals surface area contributed by atoms with E-state index in [1.54, 1.807) is 0 Å². The SMILES string of the molecule is c1cnn(C[C@H]2CCCN2Cc2nnc(C3CC3)o2)c1. The topological polar surface area (TPSA) is 60.0 Å². The van der Waals surface area contributed by atoms with Gasteiger partial charge in [0.2, 0.25) is 11.8 Å². The fourth-order valence-corrected chi connectivity index (χ4v) is 2.93. The molecule has 2 fully saturated rings. The van der Waals surface area contributed by atoms with Gasteiger partial charge in [-0.25, -0.2) is 0 Å². The molecule has 0 bridgehead atoms. The Morgan fingerprint density at radius 3 is 3.00 bits per heavy atom. The van der Waals surface area contributed by atoms with E-state index in [1.807, 2.05) is 23.1 Å². The summed E-state index contributed by atoms with van der Waals surface area (Å²) in [4.78, 5) is 2.44. The molecule has 4 rings (SSSR count). The van der Waals surface area contributed by atoms with Gasteiger partial charge in [0.15, 0.2) is 0 Å². The lowest BCUT2D eigenvalue weighted by Crippen LogP contribution is -2.32. The van der Waals surface area contributed by atoms with Crippen LogP contribution >= 0.6 is 0 Å². The smallest absolute Gasteiger partial charge is 0.230 e. The second-order valence-electron chi connectivity index (χ2n) is 5.80. The number of hydrogen-bond acceptors (Lipinski definition) is 5. The molecule has 0 N–H and O–H groups in total. The fraction of sp³-hybridized carbons (Fsp3) is 0.643. The molecule has 2 aromatic rings. The summed E-state index contributed by atoms with van der Waals surface area (Å²) in [5.41, 5.74) is 0. The Balaban J connectivity index is 1.40. The van der Waals surface area contributed by atoms with Gasteiger partial charge in [0.25, 0.3) is 0 Å². The lowest BCUT2D eigenvalue weighted by Gasteiger charge is -2.22. The van der Waals surface area contributed by atoms with Crippen molar-refractivity contribution in [1.82, 2.24) is 24.9 Å². The van der Waals surface area contributed by atoms with Crippen molar-refractivity contribution in [3.05, 3.63) is 30.2 Å². The van der Waals surface area contributed by atoms with Crippen LogP contribution in [-0.2, 0) is 13.1 Å². The van der Waals surface area contributed by atoms with Crippen molar-refractivity contribution in [3.8, 4) is 0 Å². The zero-order valence-electron chi connectivity index (χ0n) is 11.5. The highest BCUT2D eigenvalue weighted by molar-refractivity contribution is 5.00. The molecule has 1 saturated heterocycles. The Morgan fingerprint density at radius 1 is 1.25 bits per heavy atom. The Bertz CT molecular complexity index is 560. The third-order valence-corrected chi connectivity index (χ3v) is 4.20. The Morgan fingerprint density at radius 2 is 2.20 bits per heavy atom. The molecule has 1 saturated carbocycles. The van der Waals surface area contributed by atoms with E-state index in [1.165, 1.54) is 25.7 Å². The van der Waals surface area contributed by atoms with Crippen LogP contribution in [-0.4, -0.2) is 37.5 Å². The highest BCUT2D eigenvalue weighted by Crippen LogP contribution is 2.39. The molecule has 2 aromatic heterocycles. The van der Waals surface area contributed by atoms with Gasteiger partial charge in [-0.2, -0.15) is 5.10 Å². The quantitative estimate of drug-likeness (QED) is 0.831. The monoisotopic (exact) mass is 273 g/mol. The average molecular weight is 273 g/mol. The molecule has 1 aliphatic carbocycles. The molecule has 106 valence electrons. The van der Waals surface area contributed by atoms with E-state index in [2.05, 4.69) is 20.2 Å². The van der Waals surface area contributed by atoms with E-state index in [9.17, 15) is 0 Å². The molecule has 1 atom stereocenters. The van der Waals surface area contributed by atoms with E-state index in [4.69, 9.17) is 4.42 Å². The number of likely N-dealkylation sites (tertiary alicyclic amines) is 1. The second-order valence-corrected chi connectivity index (χ2v) is 5.80. The molecule has 3 heterocycles. The van der Waals surface area contributed by atoms with Crippen LogP contribution in [0.15, 0.2) is 22.9 Å². The summed E-state index contributed by atoms with van der Waals surface area (Å²) in [6, 6.07) is 2.49. The van der Waals surface area contributed by atoms with Crippen LogP contribution in [0.4, 0.5) is 0 Å². The number of aromatic nitrogens is 4. The molecule has 0 radical (unpaired) electrons. The first-order valence-electron chi connectivity index (χ1n) is 7.42. The predicted octanol–water partition coefficient (Wildman–Crippen LogP) is 1.81. The van der Waals surface area contributed by atoms with Gasteiger partial charge in [-0.1, -0.05) is 0 Å². The minimum Gasteiger partial charge on any atom is -0.424 e. The van der Waals surface area contributed by atoms with E-state index < -0.39 is 0 Å². The lowest BCUT2D eigenvalue weighted by molar-refractivity contribution is 0.198. The van der Waals surface area contributed by atoms with Crippen molar-refractivity contribution in [2.75, 3.05) is 6.54 Å². The molecular weight excluding hydrogens is 254 g/mol. The predicted molar refractivity (Wildman–Crippen MR) is 71.9 cm³/mol. The van der Waals surface area contributed by atoms with Gasteiger partial charge in [-0.05, 0) is 38.3 Å². The zero-order valence-corrected chi connectivity index (χ0v) is 11.5. The lowest BCUT2D eigenvalue weighted by atomic mass is 10.2. The Labute approximate surface area is 117 Å². The summed E-state index contributed by atoms with van der Waals surface area (Å²) in [5, 5.41) is 12.6. The van der Waals surface area contributed by atoms with Crippen LogP contribution in [0.3, 0.4) is 0 Å².